The van der Waals surface area contributed by atoms with Gasteiger partial charge in [0.1, 0.15) is 0 Å². The van der Waals surface area contributed by atoms with Gasteiger partial charge in [-0.15, -0.1) is 11.6 Å². The number of alkyl halides is 1. The monoisotopic (exact) mass is 267 g/mol. The summed E-state index contributed by atoms with van der Waals surface area (Å²) in [4.78, 5) is 0. The van der Waals surface area contributed by atoms with Crippen LogP contribution in [-0.4, -0.2) is 36.4 Å². The van der Waals surface area contributed by atoms with Gasteiger partial charge in [-0.3, -0.25) is 0 Å². The van der Waals surface area contributed by atoms with Gasteiger partial charge in [0.15, 0.2) is 0 Å². The van der Waals surface area contributed by atoms with Crippen molar-refractivity contribution in [1.82, 2.24) is 4.31 Å². The van der Waals surface area contributed by atoms with E-state index in [1.165, 1.54) is 0 Å². The van der Waals surface area contributed by atoms with Gasteiger partial charge in [0.25, 0.3) is 0 Å². The second kappa shape index (κ2) is 5.69. The zero-order valence-electron chi connectivity index (χ0n) is 10.3. The molecule has 1 saturated heterocycles. The Balaban J connectivity index is 2.80. The standard InChI is InChI=1S/C11H22ClNO2S/c1-4-11-6-5-10(3)13(11)16(14,15)8-9(2)7-12/h9-11H,4-8H2,1-3H3. The van der Waals surface area contributed by atoms with E-state index in [1.807, 2.05) is 13.8 Å². The molecule has 1 fully saturated rings. The average molecular weight is 268 g/mol. The summed E-state index contributed by atoms with van der Waals surface area (Å²) in [6.45, 7) is 5.93. The van der Waals surface area contributed by atoms with Crippen molar-refractivity contribution in [2.45, 2.75) is 52.1 Å². The first-order valence-corrected chi connectivity index (χ1v) is 8.13. The van der Waals surface area contributed by atoms with E-state index in [0.717, 1.165) is 19.3 Å². The first-order valence-electron chi connectivity index (χ1n) is 5.99. The molecule has 1 rings (SSSR count). The number of hydrogen-bond donors (Lipinski definition) is 0. The van der Waals surface area contributed by atoms with E-state index >= 15 is 0 Å². The summed E-state index contributed by atoms with van der Waals surface area (Å²) in [5.74, 6) is 0.604. The van der Waals surface area contributed by atoms with Crippen molar-refractivity contribution < 1.29 is 8.42 Å². The highest BCUT2D eigenvalue weighted by Crippen LogP contribution is 2.29. The van der Waals surface area contributed by atoms with Gasteiger partial charge in [0, 0.05) is 18.0 Å². The van der Waals surface area contributed by atoms with Crippen LogP contribution in [0.25, 0.3) is 0 Å². The molecule has 3 nitrogen and oxygen atoms in total. The van der Waals surface area contributed by atoms with E-state index in [9.17, 15) is 8.42 Å². The minimum Gasteiger partial charge on any atom is -0.212 e. The van der Waals surface area contributed by atoms with Gasteiger partial charge >= 0.3 is 0 Å². The molecule has 0 aromatic heterocycles. The summed E-state index contributed by atoms with van der Waals surface area (Å²) in [7, 11) is -3.13. The fourth-order valence-electron chi connectivity index (χ4n) is 2.42. The maximum atomic E-state index is 12.2. The summed E-state index contributed by atoms with van der Waals surface area (Å²) in [5.41, 5.74) is 0. The molecule has 0 saturated carbocycles. The predicted octanol–water partition coefficient (Wildman–Crippen LogP) is 2.45. The summed E-state index contributed by atoms with van der Waals surface area (Å²) >= 11 is 5.69. The van der Waals surface area contributed by atoms with E-state index in [0.29, 0.717) is 5.88 Å². The van der Waals surface area contributed by atoms with Gasteiger partial charge in [-0.2, -0.15) is 4.31 Å². The van der Waals surface area contributed by atoms with Crippen molar-refractivity contribution in [3.63, 3.8) is 0 Å². The normalized spacial score (nSPS) is 29.5. The van der Waals surface area contributed by atoms with Crippen LogP contribution in [0.3, 0.4) is 0 Å². The van der Waals surface area contributed by atoms with E-state index in [4.69, 9.17) is 11.6 Å². The highest BCUT2D eigenvalue weighted by Gasteiger charge is 2.38. The van der Waals surface area contributed by atoms with Crippen LogP contribution in [0.2, 0.25) is 0 Å². The molecule has 1 heterocycles. The average Bonchev–Trinajstić information content (AvgIpc) is 2.59. The molecule has 96 valence electrons. The highest BCUT2D eigenvalue weighted by atomic mass is 35.5. The van der Waals surface area contributed by atoms with Crippen molar-refractivity contribution in [3.8, 4) is 0 Å². The van der Waals surface area contributed by atoms with E-state index in [-0.39, 0.29) is 23.8 Å². The van der Waals surface area contributed by atoms with Gasteiger partial charge in [-0.1, -0.05) is 13.8 Å². The largest absolute Gasteiger partial charge is 0.214 e. The minimum atomic E-state index is -3.13. The number of rotatable bonds is 5. The third-order valence-electron chi connectivity index (χ3n) is 3.26. The zero-order valence-corrected chi connectivity index (χ0v) is 11.9. The lowest BCUT2D eigenvalue weighted by atomic mass is 10.2. The number of halogens is 1. The molecule has 0 N–H and O–H groups in total. The minimum absolute atomic E-state index is 0.0250. The number of hydrogen-bond acceptors (Lipinski definition) is 2. The molecular formula is C11H22ClNO2S. The first-order chi connectivity index (χ1) is 7.42. The molecule has 0 bridgehead atoms. The van der Waals surface area contributed by atoms with Crippen LogP contribution in [-0.2, 0) is 10.0 Å². The maximum absolute atomic E-state index is 12.2. The molecule has 1 aliphatic rings. The molecule has 3 unspecified atom stereocenters. The van der Waals surface area contributed by atoms with Gasteiger partial charge in [-0.25, -0.2) is 8.42 Å². The van der Waals surface area contributed by atoms with Crippen LogP contribution in [0.1, 0.15) is 40.0 Å². The Morgan fingerprint density at radius 2 is 2.06 bits per heavy atom. The Morgan fingerprint density at radius 1 is 1.44 bits per heavy atom. The maximum Gasteiger partial charge on any atom is 0.214 e. The van der Waals surface area contributed by atoms with Crippen LogP contribution < -0.4 is 0 Å². The Morgan fingerprint density at radius 3 is 2.56 bits per heavy atom. The van der Waals surface area contributed by atoms with Crippen molar-refractivity contribution >= 4 is 21.6 Å². The van der Waals surface area contributed by atoms with Crippen molar-refractivity contribution in [2.24, 2.45) is 5.92 Å². The van der Waals surface area contributed by atoms with E-state index in [1.54, 1.807) is 4.31 Å². The van der Waals surface area contributed by atoms with E-state index in [2.05, 4.69) is 6.92 Å². The zero-order chi connectivity index (χ0) is 12.3. The third kappa shape index (κ3) is 3.11. The molecule has 0 aromatic carbocycles. The van der Waals surface area contributed by atoms with Gasteiger partial charge in [0.05, 0.1) is 5.75 Å². The van der Waals surface area contributed by atoms with Gasteiger partial charge in [-0.05, 0) is 32.1 Å². The van der Waals surface area contributed by atoms with Crippen LogP contribution >= 0.6 is 11.6 Å². The molecule has 0 spiro atoms. The van der Waals surface area contributed by atoms with Crippen molar-refractivity contribution in [1.29, 1.82) is 0 Å². The molecule has 0 aliphatic carbocycles. The molecular weight excluding hydrogens is 246 g/mol. The summed E-state index contributed by atoms with van der Waals surface area (Å²) < 4.78 is 26.2. The quantitative estimate of drug-likeness (QED) is 0.718. The molecule has 0 aromatic rings. The van der Waals surface area contributed by atoms with Crippen LogP contribution in [0.5, 0.6) is 0 Å². The Kier molecular flexibility index (Phi) is 5.08. The summed E-state index contributed by atoms with van der Waals surface area (Å²) in [6, 6.07) is 0.347. The third-order valence-corrected chi connectivity index (χ3v) is 6.08. The molecule has 3 atom stereocenters. The fraction of sp³-hybridized carbons (Fsp3) is 1.00. The van der Waals surface area contributed by atoms with Crippen molar-refractivity contribution in [3.05, 3.63) is 0 Å². The van der Waals surface area contributed by atoms with E-state index < -0.39 is 10.0 Å². The molecule has 16 heavy (non-hydrogen) atoms. The van der Waals surface area contributed by atoms with Crippen LogP contribution in [0.4, 0.5) is 0 Å². The topological polar surface area (TPSA) is 37.4 Å². The second-order valence-electron chi connectivity index (χ2n) is 4.86. The van der Waals surface area contributed by atoms with Gasteiger partial charge in [0.2, 0.25) is 10.0 Å². The Hall–Kier alpha value is 0.200. The van der Waals surface area contributed by atoms with Crippen LogP contribution in [0.15, 0.2) is 0 Å². The first kappa shape index (κ1) is 14.3. The fourth-order valence-corrected chi connectivity index (χ4v) is 5.03. The lowest BCUT2D eigenvalue weighted by Crippen LogP contribution is -2.42. The summed E-state index contributed by atoms with van der Waals surface area (Å²) in [6.07, 6.45) is 2.87. The second-order valence-corrected chi connectivity index (χ2v) is 7.08. The number of sulfonamides is 1. The molecule has 0 amide bonds. The van der Waals surface area contributed by atoms with Crippen LogP contribution in [0, 0.1) is 5.92 Å². The Bertz CT molecular complexity index is 318. The SMILES string of the molecule is CCC1CCC(C)N1S(=O)(=O)CC(C)CCl. The summed E-state index contributed by atoms with van der Waals surface area (Å²) in [5, 5.41) is 0. The lowest BCUT2D eigenvalue weighted by molar-refractivity contribution is 0.327. The predicted molar refractivity (Wildman–Crippen MR) is 68.3 cm³/mol. The van der Waals surface area contributed by atoms with Crippen molar-refractivity contribution in [2.75, 3.05) is 11.6 Å². The Labute approximate surface area is 104 Å². The van der Waals surface area contributed by atoms with Gasteiger partial charge < -0.3 is 0 Å². The lowest BCUT2D eigenvalue weighted by Gasteiger charge is -2.28. The molecule has 1 aliphatic heterocycles. The molecule has 0 radical (unpaired) electrons. The number of nitrogens with zero attached hydrogens (tertiary/aromatic N) is 1. The highest BCUT2D eigenvalue weighted by molar-refractivity contribution is 7.89. The smallest absolute Gasteiger partial charge is 0.212 e. The molecule has 5 heteroatoms.